The van der Waals surface area contributed by atoms with E-state index in [2.05, 4.69) is 29.8 Å². The molecule has 3 aliphatic rings. The summed E-state index contributed by atoms with van der Waals surface area (Å²) < 4.78 is 11.9. The van der Waals surface area contributed by atoms with E-state index in [1.807, 2.05) is 44.2 Å². The number of nitrogens with zero attached hydrogens (tertiary/aromatic N) is 2. The van der Waals surface area contributed by atoms with Crippen LogP contribution in [0.4, 0.5) is 0 Å². The van der Waals surface area contributed by atoms with Crippen molar-refractivity contribution >= 4 is 23.6 Å². The van der Waals surface area contributed by atoms with Crippen molar-refractivity contribution in [3.8, 4) is 0 Å². The number of aliphatic hydroxyl groups is 1. The number of rotatable bonds is 18. The summed E-state index contributed by atoms with van der Waals surface area (Å²) in [6.07, 6.45) is 3.34. The number of amides is 4. The van der Waals surface area contributed by atoms with Crippen LogP contribution >= 0.6 is 0 Å². The van der Waals surface area contributed by atoms with Gasteiger partial charge >= 0.3 is 0 Å². The second-order valence-electron chi connectivity index (χ2n) is 15.9. The number of hydrogen-bond donors (Lipinski definition) is 4. The SMILES string of the molecule is CC[C@H](C)[C@@H]([C@@H](CC(=O)N1CCC[C@H]1[C@H](OC)[C@@H](C)C(=O)N[C@H](C)[C@@H](O)c1ccccc1)OC)N(C)C(=O)[C@@H](NC(=O)[C@H]1N[C@@H]2CC[C@H]1C2)C(C)C. The third-order valence-corrected chi connectivity index (χ3v) is 12.1. The molecule has 4 N–H and O–H groups in total. The molecule has 0 spiro atoms. The minimum atomic E-state index is -0.871. The molecule has 0 unspecified atom stereocenters. The molecule has 292 valence electrons. The molecule has 2 bridgehead atoms. The van der Waals surface area contributed by atoms with Gasteiger partial charge in [0.2, 0.25) is 23.6 Å². The Balaban J connectivity index is 1.44. The Kier molecular flexibility index (Phi) is 15.1. The highest BCUT2D eigenvalue weighted by atomic mass is 16.5. The van der Waals surface area contributed by atoms with Crippen molar-refractivity contribution in [2.45, 2.75) is 141 Å². The second kappa shape index (κ2) is 18.8. The average Bonchev–Trinajstić information content (AvgIpc) is 3.92. The number of nitrogens with one attached hydrogen (secondary N) is 3. The number of fused-ring (bicyclic) bond motifs is 2. The van der Waals surface area contributed by atoms with Gasteiger partial charge in [0.25, 0.3) is 0 Å². The van der Waals surface area contributed by atoms with E-state index in [1.165, 1.54) is 0 Å². The zero-order chi connectivity index (χ0) is 38.3. The lowest BCUT2D eigenvalue weighted by Crippen LogP contribution is -2.59. The zero-order valence-electron chi connectivity index (χ0n) is 32.8. The molecule has 52 heavy (non-hydrogen) atoms. The van der Waals surface area contributed by atoms with Crippen LogP contribution in [0.25, 0.3) is 0 Å². The van der Waals surface area contributed by atoms with Gasteiger partial charge in [0.1, 0.15) is 6.04 Å². The fourth-order valence-corrected chi connectivity index (χ4v) is 8.81. The molecular weight excluding hydrogens is 662 g/mol. The van der Waals surface area contributed by atoms with Crippen LogP contribution in [0.3, 0.4) is 0 Å². The lowest BCUT2D eigenvalue weighted by Gasteiger charge is -2.41. The van der Waals surface area contributed by atoms with E-state index in [1.54, 1.807) is 44.9 Å². The molecule has 2 aliphatic heterocycles. The zero-order valence-corrected chi connectivity index (χ0v) is 32.8. The van der Waals surface area contributed by atoms with Crippen molar-refractivity contribution in [1.82, 2.24) is 25.8 Å². The number of carbonyl (C=O) groups excluding carboxylic acids is 4. The van der Waals surface area contributed by atoms with Gasteiger partial charge in [0.05, 0.1) is 54.8 Å². The molecule has 4 amide bonds. The molecule has 4 rings (SSSR count). The monoisotopic (exact) mass is 727 g/mol. The molecule has 12 atom stereocenters. The summed E-state index contributed by atoms with van der Waals surface area (Å²) in [6.45, 7) is 12.1. The van der Waals surface area contributed by atoms with Crippen molar-refractivity contribution in [2.24, 2.45) is 23.7 Å². The van der Waals surface area contributed by atoms with Gasteiger partial charge in [-0.15, -0.1) is 0 Å². The summed E-state index contributed by atoms with van der Waals surface area (Å²) in [4.78, 5) is 58.7. The van der Waals surface area contributed by atoms with Gasteiger partial charge in [-0.1, -0.05) is 71.4 Å². The Hall–Kier alpha value is -3.06. The lowest BCUT2D eigenvalue weighted by atomic mass is 9.89. The Morgan fingerprint density at radius 1 is 1.00 bits per heavy atom. The summed E-state index contributed by atoms with van der Waals surface area (Å²) in [5.74, 6) is -1.13. The van der Waals surface area contributed by atoms with Crippen LogP contribution in [-0.4, -0.2) is 115 Å². The second-order valence-corrected chi connectivity index (χ2v) is 15.9. The number of hydrogen-bond acceptors (Lipinski definition) is 8. The Labute approximate surface area is 311 Å². The van der Waals surface area contributed by atoms with Gasteiger partial charge < -0.3 is 40.3 Å². The van der Waals surface area contributed by atoms with E-state index in [0.29, 0.717) is 30.5 Å². The highest BCUT2D eigenvalue weighted by Gasteiger charge is 2.46. The number of piperidine rings is 1. The van der Waals surface area contributed by atoms with Crippen molar-refractivity contribution in [2.75, 3.05) is 27.8 Å². The smallest absolute Gasteiger partial charge is 0.245 e. The molecular formula is C40H65N5O7. The quantitative estimate of drug-likeness (QED) is 0.180. The normalized spacial score (nSPS) is 25.9. The van der Waals surface area contributed by atoms with E-state index in [0.717, 1.165) is 32.1 Å². The van der Waals surface area contributed by atoms with Crippen molar-refractivity contribution in [3.63, 3.8) is 0 Å². The van der Waals surface area contributed by atoms with Crippen molar-refractivity contribution in [1.29, 1.82) is 0 Å². The third kappa shape index (κ3) is 9.53. The maximum absolute atomic E-state index is 14.2. The Morgan fingerprint density at radius 3 is 2.25 bits per heavy atom. The Morgan fingerprint density at radius 2 is 1.69 bits per heavy atom. The van der Waals surface area contributed by atoms with Gasteiger partial charge in [-0.3, -0.25) is 19.2 Å². The first-order valence-electron chi connectivity index (χ1n) is 19.4. The van der Waals surface area contributed by atoms with Crippen LogP contribution in [-0.2, 0) is 28.7 Å². The van der Waals surface area contributed by atoms with Gasteiger partial charge in [0.15, 0.2) is 0 Å². The van der Waals surface area contributed by atoms with Crippen LogP contribution in [0, 0.1) is 23.7 Å². The van der Waals surface area contributed by atoms with E-state index < -0.39 is 42.4 Å². The minimum absolute atomic E-state index is 0.000454. The van der Waals surface area contributed by atoms with E-state index in [-0.39, 0.29) is 54.0 Å². The molecule has 0 aromatic heterocycles. The number of ether oxygens (including phenoxy) is 2. The van der Waals surface area contributed by atoms with Crippen LogP contribution in [0.15, 0.2) is 30.3 Å². The molecule has 1 aromatic rings. The van der Waals surface area contributed by atoms with E-state index >= 15 is 0 Å². The molecule has 12 heteroatoms. The minimum Gasteiger partial charge on any atom is -0.386 e. The number of benzene rings is 1. The van der Waals surface area contributed by atoms with E-state index in [9.17, 15) is 24.3 Å². The van der Waals surface area contributed by atoms with E-state index in [4.69, 9.17) is 9.47 Å². The summed E-state index contributed by atoms with van der Waals surface area (Å²) >= 11 is 0. The van der Waals surface area contributed by atoms with Crippen LogP contribution in [0.1, 0.15) is 98.2 Å². The predicted molar refractivity (Wildman–Crippen MR) is 200 cm³/mol. The first-order valence-corrected chi connectivity index (χ1v) is 19.4. The van der Waals surface area contributed by atoms with Crippen molar-refractivity contribution < 1.29 is 33.8 Å². The maximum atomic E-state index is 14.2. The van der Waals surface area contributed by atoms with Gasteiger partial charge in [-0.25, -0.2) is 0 Å². The van der Waals surface area contributed by atoms with Gasteiger partial charge in [-0.2, -0.15) is 0 Å². The van der Waals surface area contributed by atoms with Gasteiger partial charge in [0, 0.05) is 33.9 Å². The predicted octanol–water partition coefficient (Wildman–Crippen LogP) is 3.43. The van der Waals surface area contributed by atoms with Gasteiger partial charge in [-0.05, 0) is 62.3 Å². The number of likely N-dealkylation sites (tertiary alicyclic amines) is 1. The largest absolute Gasteiger partial charge is 0.386 e. The third-order valence-electron chi connectivity index (χ3n) is 12.1. The fraction of sp³-hybridized carbons (Fsp3) is 0.750. The highest BCUT2D eigenvalue weighted by Crippen LogP contribution is 2.35. The summed E-state index contributed by atoms with van der Waals surface area (Å²) in [5.41, 5.74) is 0.715. The number of aliphatic hydroxyl groups excluding tert-OH is 1. The van der Waals surface area contributed by atoms with Crippen LogP contribution < -0.4 is 16.0 Å². The molecule has 1 saturated carbocycles. The molecule has 12 nitrogen and oxygen atoms in total. The Bertz CT molecular complexity index is 1350. The lowest BCUT2D eigenvalue weighted by molar-refractivity contribution is -0.148. The first kappa shape index (κ1) is 41.7. The molecule has 0 radical (unpaired) electrons. The molecule has 3 fully saturated rings. The summed E-state index contributed by atoms with van der Waals surface area (Å²) in [5, 5.41) is 20.3. The highest BCUT2D eigenvalue weighted by molar-refractivity contribution is 5.90. The topological polar surface area (TPSA) is 150 Å². The summed E-state index contributed by atoms with van der Waals surface area (Å²) in [6, 6.07) is 7.32. The summed E-state index contributed by atoms with van der Waals surface area (Å²) in [7, 11) is 4.89. The average molecular weight is 728 g/mol. The number of methoxy groups -OCH3 is 2. The van der Waals surface area contributed by atoms with Crippen LogP contribution in [0.5, 0.6) is 0 Å². The number of carbonyl (C=O) groups is 4. The first-order chi connectivity index (χ1) is 24.7. The molecule has 1 aliphatic carbocycles. The molecule has 2 saturated heterocycles. The van der Waals surface area contributed by atoms with Crippen LogP contribution in [0.2, 0.25) is 0 Å². The maximum Gasteiger partial charge on any atom is 0.245 e. The standard InChI is InChI=1S/C40H65N5O7/c1-10-24(4)35(44(7)40(50)33(23(2)3)43-39(49)34-28-18-19-29(21-28)42-34)31(51-8)22-32(46)45-20-14-17-30(45)37(52-9)25(5)38(48)41-26(6)36(47)27-15-12-11-13-16-27/h11-13,15-16,23-26,28-31,33-37,42,47H,10,14,17-22H2,1-9H3,(H,41,48)(H,43,49)/t24-,25+,26+,28-,29+,30-,31+,33-,34-,35-,36+,37+/m0/s1. The van der Waals surface area contributed by atoms with Crippen molar-refractivity contribution in [3.05, 3.63) is 35.9 Å². The molecule has 2 heterocycles. The fourth-order valence-electron chi connectivity index (χ4n) is 8.81. The molecule has 1 aromatic carbocycles. The number of likely N-dealkylation sites (N-methyl/N-ethyl adjacent to an activating group) is 1.